The van der Waals surface area contributed by atoms with Crippen molar-refractivity contribution in [1.29, 1.82) is 0 Å². The smallest absolute Gasteiger partial charge is 0.332 e. The van der Waals surface area contributed by atoms with Crippen molar-refractivity contribution in [1.82, 2.24) is 15.5 Å². The molecule has 7 nitrogen and oxygen atoms in total. The molecule has 0 bridgehead atoms. The lowest BCUT2D eigenvalue weighted by atomic mass is 10.1. The Labute approximate surface area is 127 Å². The molecule has 0 fully saturated rings. The minimum Gasteiger partial charge on any atom is -0.479 e. The first kappa shape index (κ1) is 15.7. The molecule has 7 heteroatoms. The number of hydrogen-bond acceptors (Lipinski definition) is 4. The number of aromatic nitrogens is 2. The molecule has 0 saturated carbocycles. The van der Waals surface area contributed by atoms with E-state index in [-0.39, 0.29) is 12.1 Å². The van der Waals surface area contributed by atoms with Gasteiger partial charge in [0.2, 0.25) is 0 Å². The molecular weight excluding hydrogens is 286 g/mol. The third kappa shape index (κ3) is 3.92. The van der Waals surface area contributed by atoms with Crippen LogP contribution < -0.4 is 5.32 Å². The number of nitrogens with zero attached hydrogens (tertiary/aromatic N) is 1. The van der Waals surface area contributed by atoms with Gasteiger partial charge in [0.1, 0.15) is 0 Å². The van der Waals surface area contributed by atoms with Crippen LogP contribution in [0.25, 0.3) is 11.3 Å². The number of nitrogens with one attached hydrogen (secondary N) is 2. The van der Waals surface area contributed by atoms with Gasteiger partial charge in [-0.1, -0.05) is 30.3 Å². The minimum atomic E-state index is -1.51. The van der Waals surface area contributed by atoms with E-state index in [1.807, 2.05) is 30.3 Å². The maximum Gasteiger partial charge on any atom is 0.332 e. The van der Waals surface area contributed by atoms with Crippen molar-refractivity contribution in [2.75, 3.05) is 0 Å². The first-order valence-corrected chi connectivity index (χ1v) is 6.80. The number of carboxylic acid groups (broad SMARTS) is 1. The molecule has 0 saturated heterocycles. The molecule has 1 aromatic carbocycles. The third-order valence-electron chi connectivity index (χ3n) is 3.13. The van der Waals surface area contributed by atoms with Crippen LogP contribution in [0.3, 0.4) is 0 Å². The number of H-pyrrole nitrogens is 1. The fraction of sp³-hybridized carbons (Fsp3) is 0.267. The first-order chi connectivity index (χ1) is 10.5. The Balaban J connectivity index is 1.99. The Hall–Kier alpha value is -2.67. The molecule has 0 radical (unpaired) electrons. The lowest BCUT2D eigenvalue weighted by Crippen LogP contribution is -2.37. The maximum atomic E-state index is 12.0. The lowest BCUT2D eigenvalue weighted by Gasteiger charge is -2.14. The van der Waals surface area contributed by atoms with Gasteiger partial charge in [-0.2, -0.15) is 5.10 Å². The number of benzene rings is 1. The first-order valence-electron chi connectivity index (χ1n) is 6.80. The van der Waals surface area contributed by atoms with Crippen LogP contribution in [-0.2, 0) is 4.79 Å². The summed E-state index contributed by atoms with van der Waals surface area (Å²) in [5.41, 5.74) is 1.82. The highest BCUT2D eigenvalue weighted by Gasteiger charge is 2.20. The molecule has 0 aliphatic rings. The third-order valence-corrected chi connectivity index (χ3v) is 3.13. The predicted octanol–water partition coefficient (Wildman–Crippen LogP) is 1.03. The zero-order valence-corrected chi connectivity index (χ0v) is 12.0. The highest BCUT2D eigenvalue weighted by molar-refractivity contribution is 5.93. The molecule has 2 unspecified atom stereocenters. The van der Waals surface area contributed by atoms with E-state index in [1.165, 1.54) is 0 Å². The van der Waals surface area contributed by atoms with Gasteiger partial charge in [-0.25, -0.2) is 4.79 Å². The summed E-state index contributed by atoms with van der Waals surface area (Å²) in [6.45, 7) is 1.62. The van der Waals surface area contributed by atoms with E-state index >= 15 is 0 Å². The molecule has 116 valence electrons. The summed E-state index contributed by atoms with van der Waals surface area (Å²) in [4.78, 5) is 22.6. The van der Waals surface area contributed by atoms with Gasteiger partial charge in [-0.15, -0.1) is 0 Å². The number of carbonyl (C=O) groups excluding carboxylic acids is 1. The van der Waals surface area contributed by atoms with E-state index in [4.69, 9.17) is 5.11 Å². The normalized spacial score (nSPS) is 13.4. The Morgan fingerprint density at radius 1 is 1.32 bits per heavy atom. The molecule has 1 amide bonds. The van der Waals surface area contributed by atoms with Crippen LogP contribution in [0.15, 0.2) is 36.4 Å². The molecular formula is C15H17N3O4. The minimum absolute atomic E-state index is 0.0724. The second-order valence-corrected chi connectivity index (χ2v) is 5.00. The Morgan fingerprint density at radius 3 is 2.64 bits per heavy atom. The molecule has 4 N–H and O–H groups in total. The zero-order valence-electron chi connectivity index (χ0n) is 12.0. The van der Waals surface area contributed by atoms with Crippen LogP contribution in [0.4, 0.5) is 0 Å². The molecule has 2 atom stereocenters. The molecule has 0 aliphatic carbocycles. The average molecular weight is 303 g/mol. The largest absolute Gasteiger partial charge is 0.479 e. The summed E-state index contributed by atoms with van der Waals surface area (Å²) < 4.78 is 0. The van der Waals surface area contributed by atoms with Crippen LogP contribution in [-0.4, -0.2) is 44.4 Å². The van der Waals surface area contributed by atoms with Gasteiger partial charge >= 0.3 is 5.97 Å². The Bertz CT molecular complexity index is 654. The van der Waals surface area contributed by atoms with Crippen LogP contribution in [0, 0.1) is 0 Å². The number of carboxylic acids is 1. The van der Waals surface area contributed by atoms with Gasteiger partial charge in [0.05, 0.1) is 5.69 Å². The lowest BCUT2D eigenvalue weighted by molar-refractivity contribution is -0.147. The van der Waals surface area contributed by atoms with E-state index in [0.29, 0.717) is 5.69 Å². The number of aromatic amines is 1. The van der Waals surface area contributed by atoms with Crippen LogP contribution in [0.1, 0.15) is 23.8 Å². The highest BCUT2D eigenvalue weighted by atomic mass is 16.4. The summed E-state index contributed by atoms with van der Waals surface area (Å²) in [6, 6.07) is 10.6. The van der Waals surface area contributed by atoms with Gasteiger partial charge in [-0.3, -0.25) is 9.89 Å². The number of rotatable bonds is 6. The number of hydrogen-bond donors (Lipinski definition) is 4. The predicted molar refractivity (Wildman–Crippen MR) is 79.2 cm³/mol. The van der Waals surface area contributed by atoms with Crippen molar-refractivity contribution in [2.24, 2.45) is 0 Å². The summed E-state index contributed by atoms with van der Waals surface area (Å²) in [5.74, 6) is -1.74. The Kier molecular flexibility index (Phi) is 4.90. The van der Waals surface area contributed by atoms with Crippen molar-refractivity contribution in [2.45, 2.75) is 25.5 Å². The van der Waals surface area contributed by atoms with E-state index in [0.717, 1.165) is 5.56 Å². The van der Waals surface area contributed by atoms with Crippen LogP contribution >= 0.6 is 0 Å². The Morgan fingerprint density at radius 2 is 2.00 bits per heavy atom. The van der Waals surface area contributed by atoms with E-state index in [1.54, 1.807) is 13.0 Å². The molecule has 1 aromatic heterocycles. The number of carbonyl (C=O) groups is 2. The summed E-state index contributed by atoms with van der Waals surface area (Å²) >= 11 is 0. The van der Waals surface area contributed by atoms with Crippen molar-refractivity contribution < 1.29 is 19.8 Å². The summed E-state index contributed by atoms with van der Waals surface area (Å²) in [6.07, 6.45) is -1.58. The van der Waals surface area contributed by atoms with Crippen molar-refractivity contribution in [3.8, 4) is 11.3 Å². The summed E-state index contributed by atoms with van der Waals surface area (Å²) in [5, 5.41) is 27.2. The summed E-state index contributed by atoms with van der Waals surface area (Å²) in [7, 11) is 0. The van der Waals surface area contributed by atoms with Gasteiger partial charge in [0, 0.05) is 12.5 Å². The monoisotopic (exact) mass is 303 g/mol. The average Bonchev–Trinajstić information content (AvgIpc) is 2.97. The fourth-order valence-corrected chi connectivity index (χ4v) is 2.00. The topological polar surface area (TPSA) is 115 Å². The second kappa shape index (κ2) is 6.86. The van der Waals surface area contributed by atoms with Gasteiger partial charge in [-0.05, 0) is 18.6 Å². The molecule has 1 heterocycles. The van der Waals surface area contributed by atoms with Crippen molar-refractivity contribution >= 4 is 11.9 Å². The second-order valence-electron chi connectivity index (χ2n) is 5.00. The van der Waals surface area contributed by atoms with Crippen LogP contribution in [0.5, 0.6) is 0 Å². The van der Waals surface area contributed by atoms with E-state index < -0.39 is 24.0 Å². The number of aliphatic hydroxyl groups excluding tert-OH is 1. The zero-order chi connectivity index (χ0) is 16.1. The van der Waals surface area contributed by atoms with Crippen molar-refractivity contribution in [3.05, 3.63) is 42.1 Å². The number of aliphatic carboxylic acids is 1. The number of amides is 1. The number of aliphatic hydroxyl groups is 1. The quantitative estimate of drug-likeness (QED) is 0.636. The maximum absolute atomic E-state index is 12.0. The molecule has 0 spiro atoms. The molecule has 2 aromatic rings. The molecule has 0 aliphatic heterocycles. The highest BCUT2D eigenvalue weighted by Crippen LogP contribution is 2.16. The van der Waals surface area contributed by atoms with Gasteiger partial charge in [0.25, 0.3) is 5.91 Å². The van der Waals surface area contributed by atoms with Crippen LogP contribution in [0.2, 0.25) is 0 Å². The van der Waals surface area contributed by atoms with E-state index in [2.05, 4.69) is 15.5 Å². The van der Waals surface area contributed by atoms with Gasteiger partial charge < -0.3 is 15.5 Å². The molecule has 2 rings (SSSR count). The fourth-order valence-electron chi connectivity index (χ4n) is 2.00. The van der Waals surface area contributed by atoms with Crippen molar-refractivity contribution in [3.63, 3.8) is 0 Å². The molecule has 22 heavy (non-hydrogen) atoms. The van der Waals surface area contributed by atoms with E-state index in [9.17, 15) is 14.7 Å². The SMILES string of the molecule is CC(CC(O)C(=O)O)NC(=O)c1cc(-c2ccccc2)[nH]n1. The van der Waals surface area contributed by atoms with Gasteiger partial charge in [0.15, 0.2) is 11.8 Å². The standard InChI is InChI=1S/C15H17N3O4/c1-9(7-13(19)15(21)22)16-14(20)12-8-11(17-18-12)10-5-3-2-4-6-10/h2-6,8-9,13,19H,7H2,1H3,(H,16,20)(H,17,18)(H,21,22).